The molecule has 1 saturated heterocycles. The number of piperidine rings is 1. The van der Waals surface area contributed by atoms with Crippen molar-refractivity contribution in [1.29, 1.82) is 0 Å². The molecule has 2 fully saturated rings. The number of carbonyl (C=O) groups excluding carboxylic acids is 2. The molecule has 2 unspecified atom stereocenters. The van der Waals surface area contributed by atoms with E-state index in [4.69, 9.17) is 0 Å². The van der Waals surface area contributed by atoms with Crippen LogP contribution in [0.4, 0.5) is 5.69 Å². The number of imidazole rings is 1. The van der Waals surface area contributed by atoms with Crippen molar-refractivity contribution in [3.8, 4) is 0 Å². The van der Waals surface area contributed by atoms with Gasteiger partial charge in [0.15, 0.2) is 0 Å². The second-order valence-electron chi connectivity index (χ2n) is 10.6. The van der Waals surface area contributed by atoms with E-state index in [9.17, 15) is 9.59 Å². The highest BCUT2D eigenvalue weighted by atomic mass is 16.2. The van der Waals surface area contributed by atoms with Crippen LogP contribution in [0, 0.1) is 5.92 Å². The number of fused-ring (bicyclic) bond motifs is 3. The molecule has 0 N–H and O–H groups in total. The van der Waals surface area contributed by atoms with Gasteiger partial charge >= 0.3 is 0 Å². The van der Waals surface area contributed by atoms with Gasteiger partial charge in [-0.2, -0.15) is 0 Å². The lowest BCUT2D eigenvalue weighted by molar-refractivity contribution is -0.133. The summed E-state index contributed by atoms with van der Waals surface area (Å²) in [7, 11) is 0. The quantitative estimate of drug-likeness (QED) is 0.629. The van der Waals surface area contributed by atoms with Gasteiger partial charge in [-0.3, -0.25) is 14.5 Å². The van der Waals surface area contributed by atoms with Crippen molar-refractivity contribution in [3.05, 3.63) is 48.5 Å². The predicted molar refractivity (Wildman–Crippen MR) is 137 cm³/mol. The first-order chi connectivity index (χ1) is 17.1. The van der Waals surface area contributed by atoms with Gasteiger partial charge in [0.1, 0.15) is 0 Å². The number of aromatic nitrogens is 2. The molecule has 2 bridgehead atoms. The van der Waals surface area contributed by atoms with E-state index in [-0.39, 0.29) is 11.8 Å². The molecule has 1 aliphatic carbocycles. The maximum absolute atomic E-state index is 13.6. The Balaban J connectivity index is 1.41. The van der Waals surface area contributed by atoms with Crippen molar-refractivity contribution in [2.24, 2.45) is 5.92 Å². The number of nitrogens with zero attached hydrogens (tertiary/aromatic N) is 5. The summed E-state index contributed by atoms with van der Waals surface area (Å²) in [6.07, 6.45) is 14.1. The molecule has 7 heteroatoms. The first kappa shape index (κ1) is 24.0. The molecule has 2 amide bonds. The summed E-state index contributed by atoms with van der Waals surface area (Å²) in [6.45, 7) is 5.69. The lowest BCUT2D eigenvalue weighted by Gasteiger charge is -2.44. The van der Waals surface area contributed by atoms with Crippen molar-refractivity contribution in [3.63, 3.8) is 0 Å². The maximum Gasteiger partial charge on any atom is 0.223 e. The molecule has 2 atom stereocenters. The van der Waals surface area contributed by atoms with E-state index in [0.29, 0.717) is 25.0 Å². The molecular formula is C28H39N5O2. The standard InChI is InChI=1S/C28H39N5O2/c1-22(34)32-16-13-25-7-4-8-26(33(25)18-23-11-12-23)20-31(19-24-6-2-3-9-27(24)32)28(35)10-5-15-30-17-14-29-21-30/h2-3,6,9,14,17,21,23,25-26H,4-5,7-8,10-13,15-16,18-20H2,1H3. The van der Waals surface area contributed by atoms with Crippen LogP contribution < -0.4 is 4.90 Å². The van der Waals surface area contributed by atoms with Gasteiger partial charge in [0.05, 0.1) is 6.33 Å². The van der Waals surface area contributed by atoms with Crippen LogP contribution in [0.3, 0.4) is 0 Å². The fourth-order valence-electron chi connectivity index (χ4n) is 5.96. The number of carbonyl (C=O) groups is 2. The molecule has 3 aliphatic rings. The van der Waals surface area contributed by atoms with Crippen LogP contribution in [0.5, 0.6) is 0 Å². The van der Waals surface area contributed by atoms with E-state index in [1.54, 1.807) is 13.1 Å². The monoisotopic (exact) mass is 477 g/mol. The fraction of sp³-hybridized carbons (Fsp3) is 0.607. The highest BCUT2D eigenvalue weighted by Gasteiger charge is 2.37. The summed E-state index contributed by atoms with van der Waals surface area (Å²) in [5.74, 6) is 1.10. The third kappa shape index (κ3) is 5.95. The molecule has 2 aromatic rings. The molecule has 0 spiro atoms. The number of hydrogen-bond acceptors (Lipinski definition) is 4. The Kier molecular flexibility index (Phi) is 7.51. The van der Waals surface area contributed by atoms with E-state index in [0.717, 1.165) is 62.6 Å². The number of anilines is 1. The second kappa shape index (κ2) is 10.9. The van der Waals surface area contributed by atoms with E-state index < -0.39 is 0 Å². The average Bonchev–Trinajstić information content (AvgIpc) is 3.52. The lowest BCUT2D eigenvalue weighted by Crippen LogP contribution is -2.53. The van der Waals surface area contributed by atoms with Crippen molar-refractivity contribution >= 4 is 17.5 Å². The minimum absolute atomic E-state index is 0.0796. The molecule has 1 aromatic carbocycles. The SMILES string of the molecule is CC(=O)N1CCC2CCCC(CN(C(=O)CCCn3ccnc3)Cc3ccccc31)N2CC1CC1. The lowest BCUT2D eigenvalue weighted by atomic mass is 9.92. The molecule has 3 heterocycles. The van der Waals surface area contributed by atoms with E-state index in [1.807, 2.05) is 40.2 Å². The summed E-state index contributed by atoms with van der Waals surface area (Å²) in [5.41, 5.74) is 2.03. The maximum atomic E-state index is 13.6. The summed E-state index contributed by atoms with van der Waals surface area (Å²) in [5, 5.41) is 0. The minimum atomic E-state index is 0.0796. The summed E-state index contributed by atoms with van der Waals surface area (Å²) >= 11 is 0. The van der Waals surface area contributed by atoms with Crippen molar-refractivity contribution < 1.29 is 9.59 Å². The number of amides is 2. The molecule has 35 heavy (non-hydrogen) atoms. The smallest absolute Gasteiger partial charge is 0.223 e. The molecule has 0 radical (unpaired) electrons. The van der Waals surface area contributed by atoms with E-state index in [2.05, 4.69) is 20.9 Å². The number of rotatable bonds is 6. The van der Waals surface area contributed by atoms with Crippen LogP contribution in [-0.2, 0) is 22.7 Å². The molecule has 2 aliphatic heterocycles. The van der Waals surface area contributed by atoms with Crippen LogP contribution >= 0.6 is 0 Å². The summed E-state index contributed by atoms with van der Waals surface area (Å²) < 4.78 is 2.03. The largest absolute Gasteiger partial charge is 0.337 e. The molecule has 1 saturated carbocycles. The Labute approximate surface area is 209 Å². The Morgan fingerprint density at radius 2 is 1.89 bits per heavy atom. The van der Waals surface area contributed by atoms with Gasteiger partial charge in [-0.25, -0.2) is 4.98 Å². The zero-order valence-corrected chi connectivity index (χ0v) is 21.0. The Hall–Kier alpha value is -2.67. The topological polar surface area (TPSA) is 61.7 Å². The van der Waals surface area contributed by atoms with Crippen LogP contribution in [0.2, 0.25) is 0 Å². The van der Waals surface area contributed by atoms with Gasteiger partial charge < -0.3 is 14.4 Å². The Morgan fingerprint density at radius 3 is 2.66 bits per heavy atom. The zero-order chi connectivity index (χ0) is 24.2. The molecular weight excluding hydrogens is 438 g/mol. The van der Waals surface area contributed by atoms with Gasteiger partial charge in [0, 0.05) is 76.2 Å². The van der Waals surface area contributed by atoms with E-state index >= 15 is 0 Å². The number of benzene rings is 1. The predicted octanol–water partition coefficient (Wildman–Crippen LogP) is 4.08. The van der Waals surface area contributed by atoms with Crippen molar-refractivity contribution in [2.45, 2.75) is 83.5 Å². The highest BCUT2D eigenvalue weighted by Crippen LogP contribution is 2.36. The number of para-hydroxylation sites is 1. The van der Waals surface area contributed by atoms with Gasteiger partial charge in [-0.1, -0.05) is 24.6 Å². The van der Waals surface area contributed by atoms with Crippen molar-refractivity contribution in [2.75, 3.05) is 24.5 Å². The van der Waals surface area contributed by atoms with Crippen LogP contribution in [0.15, 0.2) is 43.0 Å². The third-order valence-electron chi connectivity index (χ3n) is 8.04. The van der Waals surface area contributed by atoms with Gasteiger partial charge in [0.2, 0.25) is 11.8 Å². The van der Waals surface area contributed by atoms with Crippen molar-refractivity contribution in [1.82, 2.24) is 19.4 Å². The zero-order valence-electron chi connectivity index (χ0n) is 21.0. The average molecular weight is 478 g/mol. The first-order valence-corrected chi connectivity index (χ1v) is 13.4. The number of aryl methyl sites for hydroxylation is 1. The van der Waals surface area contributed by atoms with Gasteiger partial charge in [0.25, 0.3) is 0 Å². The highest BCUT2D eigenvalue weighted by molar-refractivity contribution is 5.92. The fourth-order valence-corrected chi connectivity index (χ4v) is 5.96. The van der Waals surface area contributed by atoms with Crippen LogP contribution in [0.1, 0.15) is 63.9 Å². The second-order valence-corrected chi connectivity index (χ2v) is 10.6. The van der Waals surface area contributed by atoms with Crippen LogP contribution in [-0.4, -0.2) is 62.9 Å². The van der Waals surface area contributed by atoms with E-state index in [1.165, 1.54) is 25.7 Å². The van der Waals surface area contributed by atoms with Gasteiger partial charge in [-0.05, 0) is 56.1 Å². The van der Waals surface area contributed by atoms with Crippen LogP contribution in [0.25, 0.3) is 0 Å². The first-order valence-electron chi connectivity index (χ1n) is 13.4. The summed E-state index contributed by atoms with van der Waals surface area (Å²) in [6, 6.07) is 9.05. The Morgan fingerprint density at radius 1 is 1.06 bits per heavy atom. The Bertz CT molecular complexity index is 1000. The summed E-state index contributed by atoms with van der Waals surface area (Å²) in [4.78, 5) is 37.2. The molecule has 1 aromatic heterocycles. The normalized spacial score (nSPS) is 23.5. The minimum Gasteiger partial charge on any atom is -0.337 e. The van der Waals surface area contributed by atoms with Gasteiger partial charge in [-0.15, -0.1) is 0 Å². The number of hydrogen-bond donors (Lipinski definition) is 0. The third-order valence-corrected chi connectivity index (χ3v) is 8.04. The molecule has 7 nitrogen and oxygen atoms in total. The molecule has 5 rings (SSSR count). The molecule has 188 valence electrons.